The summed E-state index contributed by atoms with van der Waals surface area (Å²) in [7, 11) is 0. The standard InChI is InChI=1S/C12H18ClN3O/c1-2-10-11(13)12(15-7-14-10)16-8-3-5-9(17)6-4-8/h7-9,17H,2-6H2,1H3,(H,14,15,16). The topological polar surface area (TPSA) is 58.0 Å². The number of hydrogen-bond donors (Lipinski definition) is 2. The summed E-state index contributed by atoms with van der Waals surface area (Å²) in [6.45, 7) is 2.02. The molecule has 1 aliphatic rings. The van der Waals surface area contributed by atoms with Gasteiger partial charge in [-0.2, -0.15) is 0 Å². The zero-order valence-electron chi connectivity index (χ0n) is 9.99. The fourth-order valence-corrected chi connectivity index (χ4v) is 2.45. The highest BCUT2D eigenvalue weighted by Crippen LogP contribution is 2.26. The van der Waals surface area contributed by atoms with Gasteiger partial charge in [0.25, 0.3) is 0 Å². The van der Waals surface area contributed by atoms with Crippen LogP contribution in [0, 0.1) is 0 Å². The van der Waals surface area contributed by atoms with E-state index >= 15 is 0 Å². The Hall–Kier alpha value is -0.870. The summed E-state index contributed by atoms with van der Waals surface area (Å²) in [5, 5.41) is 13.4. The monoisotopic (exact) mass is 255 g/mol. The minimum Gasteiger partial charge on any atom is -0.393 e. The van der Waals surface area contributed by atoms with Gasteiger partial charge in [0.15, 0.2) is 0 Å². The highest BCUT2D eigenvalue weighted by Gasteiger charge is 2.20. The van der Waals surface area contributed by atoms with Gasteiger partial charge in [0.05, 0.1) is 11.8 Å². The molecule has 2 rings (SSSR count). The van der Waals surface area contributed by atoms with Crippen molar-refractivity contribution in [2.45, 2.75) is 51.2 Å². The minimum absolute atomic E-state index is 0.139. The number of nitrogens with zero attached hydrogens (tertiary/aromatic N) is 2. The number of aryl methyl sites for hydroxylation is 1. The Kier molecular flexibility index (Phi) is 4.18. The Balaban J connectivity index is 2.03. The molecule has 0 unspecified atom stereocenters. The van der Waals surface area contributed by atoms with Crippen LogP contribution in [-0.4, -0.2) is 27.2 Å². The second-order valence-corrected chi connectivity index (χ2v) is 4.86. The maximum atomic E-state index is 9.45. The fraction of sp³-hybridized carbons (Fsp3) is 0.667. The van der Waals surface area contributed by atoms with E-state index in [1.54, 1.807) is 6.33 Å². The SMILES string of the molecule is CCc1ncnc(NC2CCC(O)CC2)c1Cl. The Bertz CT molecular complexity index is 378. The molecule has 0 atom stereocenters. The Morgan fingerprint density at radius 3 is 2.71 bits per heavy atom. The quantitative estimate of drug-likeness (QED) is 0.871. The molecule has 17 heavy (non-hydrogen) atoms. The summed E-state index contributed by atoms with van der Waals surface area (Å²) < 4.78 is 0. The molecule has 0 aromatic carbocycles. The van der Waals surface area contributed by atoms with Crippen LogP contribution in [0.25, 0.3) is 0 Å². The number of aliphatic hydroxyl groups is 1. The fourth-order valence-electron chi connectivity index (χ4n) is 2.17. The lowest BCUT2D eigenvalue weighted by Crippen LogP contribution is -2.28. The number of hydrogen-bond acceptors (Lipinski definition) is 4. The van der Waals surface area contributed by atoms with Gasteiger partial charge in [-0.1, -0.05) is 18.5 Å². The summed E-state index contributed by atoms with van der Waals surface area (Å²) >= 11 is 6.22. The van der Waals surface area contributed by atoms with E-state index < -0.39 is 0 Å². The minimum atomic E-state index is -0.139. The summed E-state index contributed by atoms with van der Waals surface area (Å²) in [4.78, 5) is 8.32. The number of aromatic nitrogens is 2. The third-order valence-corrected chi connectivity index (χ3v) is 3.63. The van der Waals surface area contributed by atoms with Crippen molar-refractivity contribution < 1.29 is 5.11 Å². The van der Waals surface area contributed by atoms with Crippen LogP contribution in [0.3, 0.4) is 0 Å². The van der Waals surface area contributed by atoms with Gasteiger partial charge in [0.1, 0.15) is 17.2 Å². The predicted molar refractivity (Wildman–Crippen MR) is 68.3 cm³/mol. The molecular formula is C12H18ClN3O. The third-order valence-electron chi connectivity index (χ3n) is 3.23. The smallest absolute Gasteiger partial charge is 0.148 e. The summed E-state index contributed by atoms with van der Waals surface area (Å²) in [6.07, 6.45) is 5.83. The van der Waals surface area contributed by atoms with Gasteiger partial charge < -0.3 is 10.4 Å². The van der Waals surface area contributed by atoms with Crippen molar-refractivity contribution in [3.05, 3.63) is 17.0 Å². The molecule has 1 aliphatic carbocycles. The van der Waals surface area contributed by atoms with Gasteiger partial charge in [0, 0.05) is 6.04 Å². The molecule has 2 N–H and O–H groups in total. The van der Waals surface area contributed by atoms with Gasteiger partial charge in [-0.3, -0.25) is 0 Å². The van der Waals surface area contributed by atoms with Crippen LogP contribution in [0.15, 0.2) is 6.33 Å². The van der Waals surface area contributed by atoms with Crippen LogP contribution in [-0.2, 0) is 6.42 Å². The first-order valence-corrected chi connectivity index (χ1v) is 6.52. The largest absolute Gasteiger partial charge is 0.393 e. The van der Waals surface area contributed by atoms with E-state index in [2.05, 4.69) is 15.3 Å². The van der Waals surface area contributed by atoms with E-state index in [-0.39, 0.29) is 6.10 Å². The zero-order valence-corrected chi connectivity index (χ0v) is 10.7. The maximum Gasteiger partial charge on any atom is 0.148 e. The van der Waals surface area contributed by atoms with Crippen LogP contribution in [0.2, 0.25) is 5.02 Å². The zero-order chi connectivity index (χ0) is 12.3. The average molecular weight is 256 g/mol. The van der Waals surface area contributed by atoms with Crippen molar-refractivity contribution in [1.29, 1.82) is 0 Å². The molecule has 4 nitrogen and oxygen atoms in total. The van der Waals surface area contributed by atoms with Crippen molar-refractivity contribution in [3.8, 4) is 0 Å². The number of aliphatic hydroxyl groups excluding tert-OH is 1. The summed E-state index contributed by atoms with van der Waals surface area (Å²) in [5.74, 6) is 0.722. The van der Waals surface area contributed by atoms with Gasteiger partial charge >= 0.3 is 0 Å². The van der Waals surface area contributed by atoms with Crippen LogP contribution >= 0.6 is 11.6 Å². The van der Waals surface area contributed by atoms with Crippen LogP contribution in [0.4, 0.5) is 5.82 Å². The molecule has 1 aromatic heterocycles. The van der Waals surface area contributed by atoms with E-state index in [4.69, 9.17) is 11.6 Å². The molecule has 1 aromatic rings. The van der Waals surface area contributed by atoms with Crippen LogP contribution < -0.4 is 5.32 Å². The first-order chi connectivity index (χ1) is 8.20. The van der Waals surface area contributed by atoms with E-state index in [1.165, 1.54) is 0 Å². The van der Waals surface area contributed by atoms with E-state index in [0.717, 1.165) is 43.6 Å². The second kappa shape index (κ2) is 5.65. The van der Waals surface area contributed by atoms with E-state index in [1.807, 2.05) is 6.92 Å². The van der Waals surface area contributed by atoms with Crippen molar-refractivity contribution in [2.75, 3.05) is 5.32 Å². The lowest BCUT2D eigenvalue weighted by molar-refractivity contribution is 0.126. The van der Waals surface area contributed by atoms with Crippen molar-refractivity contribution in [1.82, 2.24) is 9.97 Å². The Morgan fingerprint density at radius 1 is 1.35 bits per heavy atom. The number of rotatable bonds is 3. The lowest BCUT2D eigenvalue weighted by Gasteiger charge is -2.26. The van der Waals surface area contributed by atoms with Crippen molar-refractivity contribution in [3.63, 3.8) is 0 Å². The van der Waals surface area contributed by atoms with Crippen LogP contribution in [0.1, 0.15) is 38.3 Å². The highest BCUT2D eigenvalue weighted by molar-refractivity contribution is 6.33. The van der Waals surface area contributed by atoms with E-state index in [0.29, 0.717) is 11.1 Å². The average Bonchev–Trinajstić information content (AvgIpc) is 2.35. The number of nitrogens with one attached hydrogen (secondary N) is 1. The van der Waals surface area contributed by atoms with Crippen molar-refractivity contribution >= 4 is 17.4 Å². The van der Waals surface area contributed by atoms with E-state index in [9.17, 15) is 5.11 Å². The normalized spacial score (nSPS) is 24.6. The Morgan fingerprint density at radius 2 is 2.06 bits per heavy atom. The first kappa shape index (κ1) is 12.6. The lowest BCUT2D eigenvalue weighted by atomic mass is 9.93. The van der Waals surface area contributed by atoms with Gasteiger partial charge in [-0.25, -0.2) is 9.97 Å². The molecule has 0 amide bonds. The Labute approximate surface area is 106 Å². The predicted octanol–water partition coefficient (Wildman–Crippen LogP) is 2.41. The van der Waals surface area contributed by atoms with Gasteiger partial charge in [-0.05, 0) is 32.1 Å². The second-order valence-electron chi connectivity index (χ2n) is 4.49. The molecule has 0 saturated heterocycles. The summed E-state index contributed by atoms with van der Waals surface area (Å²) in [6, 6.07) is 0.357. The maximum absolute atomic E-state index is 9.45. The number of halogens is 1. The molecule has 0 bridgehead atoms. The molecule has 0 radical (unpaired) electrons. The molecule has 94 valence electrons. The van der Waals surface area contributed by atoms with Gasteiger partial charge in [-0.15, -0.1) is 0 Å². The highest BCUT2D eigenvalue weighted by atomic mass is 35.5. The van der Waals surface area contributed by atoms with Crippen LogP contribution in [0.5, 0.6) is 0 Å². The van der Waals surface area contributed by atoms with Crippen molar-refractivity contribution in [2.24, 2.45) is 0 Å². The molecule has 5 heteroatoms. The number of anilines is 1. The summed E-state index contributed by atoms with van der Waals surface area (Å²) in [5.41, 5.74) is 0.875. The molecular weight excluding hydrogens is 238 g/mol. The molecule has 1 saturated carbocycles. The van der Waals surface area contributed by atoms with Gasteiger partial charge in [0.2, 0.25) is 0 Å². The third kappa shape index (κ3) is 3.07. The first-order valence-electron chi connectivity index (χ1n) is 6.14. The molecule has 1 fully saturated rings. The molecule has 1 heterocycles. The molecule has 0 spiro atoms. The molecule has 0 aliphatic heterocycles.